The topological polar surface area (TPSA) is 105 Å². The summed E-state index contributed by atoms with van der Waals surface area (Å²) in [5.74, 6) is -1.62. The van der Waals surface area contributed by atoms with E-state index >= 15 is 0 Å². The predicted molar refractivity (Wildman–Crippen MR) is 79.2 cm³/mol. The van der Waals surface area contributed by atoms with E-state index < -0.39 is 23.9 Å². The Bertz CT molecular complexity index is 571. The predicted octanol–water partition coefficient (Wildman–Crippen LogP) is 1.08. The number of nitrogens with one attached hydrogen (secondary N) is 2. The number of hydrogen-bond acceptors (Lipinski definition) is 4. The smallest absolute Gasteiger partial charge is 0.303 e. The van der Waals surface area contributed by atoms with E-state index in [1.54, 1.807) is 13.0 Å². The van der Waals surface area contributed by atoms with Crippen LogP contribution in [0.3, 0.4) is 0 Å². The van der Waals surface area contributed by atoms with Crippen LogP contribution in [0.4, 0.5) is 0 Å². The zero-order valence-electron chi connectivity index (χ0n) is 12.8. The molecule has 0 aliphatic carbocycles. The molecule has 7 heteroatoms. The van der Waals surface area contributed by atoms with Crippen LogP contribution in [0.2, 0.25) is 0 Å². The fraction of sp³-hybridized carbons (Fsp3) is 0.400. The molecule has 2 amide bonds. The molecule has 0 aliphatic heterocycles. The first-order valence-electron chi connectivity index (χ1n) is 6.84. The minimum absolute atomic E-state index is 0.206. The van der Waals surface area contributed by atoms with Crippen molar-refractivity contribution < 1.29 is 24.2 Å². The number of ether oxygens (including phenoxy) is 1. The fourth-order valence-electron chi connectivity index (χ4n) is 1.56. The molecule has 1 aromatic carbocycles. The van der Waals surface area contributed by atoms with Crippen molar-refractivity contribution in [3.8, 4) is 5.75 Å². The number of carbonyl (C=O) groups excluding carboxylic acids is 2. The molecule has 0 aliphatic rings. The lowest BCUT2D eigenvalue weighted by molar-refractivity contribution is -0.139. The number of aliphatic carboxylic acids is 1. The Labute approximate surface area is 128 Å². The summed E-state index contributed by atoms with van der Waals surface area (Å²) in [7, 11) is 0. The highest BCUT2D eigenvalue weighted by Gasteiger charge is 2.15. The van der Waals surface area contributed by atoms with Gasteiger partial charge in [0, 0.05) is 6.42 Å². The summed E-state index contributed by atoms with van der Waals surface area (Å²) in [4.78, 5) is 33.4. The van der Waals surface area contributed by atoms with E-state index in [-0.39, 0.29) is 12.8 Å². The standard InChI is InChI=1S/C15H20N2O5/c1-9-4-5-12(8-10(9)2)22-11(3)15(21)17-16-13(18)6-7-14(19)20/h4-5,8,11H,6-7H2,1-3H3,(H,16,18)(H,17,21)(H,19,20)/t11-/m0/s1. The molecule has 1 atom stereocenters. The number of carboxylic acid groups (broad SMARTS) is 1. The van der Waals surface area contributed by atoms with Gasteiger partial charge in [-0.3, -0.25) is 25.2 Å². The Morgan fingerprint density at radius 2 is 1.82 bits per heavy atom. The molecular formula is C15H20N2O5. The second-order valence-electron chi connectivity index (χ2n) is 4.94. The van der Waals surface area contributed by atoms with Crippen molar-refractivity contribution in [3.63, 3.8) is 0 Å². The molecule has 22 heavy (non-hydrogen) atoms. The van der Waals surface area contributed by atoms with Crippen molar-refractivity contribution in [1.29, 1.82) is 0 Å². The van der Waals surface area contributed by atoms with Crippen LogP contribution >= 0.6 is 0 Å². The van der Waals surface area contributed by atoms with Crippen molar-refractivity contribution in [3.05, 3.63) is 29.3 Å². The van der Waals surface area contributed by atoms with Crippen LogP contribution in [0.1, 0.15) is 30.9 Å². The van der Waals surface area contributed by atoms with Crippen LogP contribution in [0, 0.1) is 13.8 Å². The Morgan fingerprint density at radius 3 is 2.41 bits per heavy atom. The third-order valence-corrected chi connectivity index (χ3v) is 3.05. The van der Waals surface area contributed by atoms with Crippen LogP contribution in [0.5, 0.6) is 5.75 Å². The Kier molecular flexibility index (Phi) is 6.37. The minimum Gasteiger partial charge on any atom is -0.481 e. The molecule has 1 rings (SSSR count). The highest BCUT2D eigenvalue weighted by atomic mass is 16.5. The summed E-state index contributed by atoms with van der Waals surface area (Å²) in [5.41, 5.74) is 6.51. The van der Waals surface area contributed by atoms with E-state index in [0.717, 1.165) is 11.1 Å². The summed E-state index contributed by atoms with van der Waals surface area (Å²) in [5, 5.41) is 8.45. The van der Waals surface area contributed by atoms with Crippen molar-refractivity contribution in [2.45, 2.75) is 39.7 Å². The molecule has 0 spiro atoms. The van der Waals surface area contributed by atoms with E-state index in [1.165, 1.54) is 0 Å². The number of aryl methyl sites for hydroxylation is 2. The number of hydrazine groups is 1. The van der Waals surface area contributed by atoms with Gasteiger partial charge < -0.3 is 9.84 Å². The second kappa shape index (κ2) is 8.02. The third kappa shape index (κ3) is 5.82. The molecular weight excluding hydrogens is 288 g/mol. The average Bonchev–Trinajstić information content (AvgIpc) is 2.46. The van der Waals surface area contributed by atoms with Crippen LogP contribution in [-0.2, 0) is 14.4 Å². The molecule has 0 radical (unpaired) electrons. The third-order valence-electron chi connectivity index (χ3n) is 3.05. The lowest BCUT2D eigenvalue weighted by Crippen LogP contribution is -2.47. The number of carbonyl (C=O) groups is 3. The van der Waals surface area contributed by atoms with Gasteiger partial charge in [-0.15, -0.1) is 0 Å². The maximum absolute atomic E-state index is 11.8. The summed E-state index contributed by atoms with van der Waals surface area (Å²) < 4.78 is 5.48. The van der Waals surface area contributed by atoms with Gasteiger partial charge in [0.2, 0.25) is 5.91 Å². The minimum atomic E-state index is -1.08. The van der Waals surface area contributed by atoms with Crippen LogP contribution < -0.4 is 15.6 Å². The average molecular weight is 308 g/mol. The molecule has 0 fully saturated rings. The maximum atomic E-state index is 11.8. The first kappa shape index (κ1) is 17.5. The summed E-state index contributed by atoms with van der Waals surface area (Å²) in [6.45, 7) is 5.46. The van der Waals surface area contributed by atoms with Gasteiger partial charge in [0.05, 0.1) is 6.42 Å². The molecule has 7 nitrogen and oxygen atoms in total. The molecule has 0 aromatic heterocycles. The normalized spacial score (nSPS) is 11.4. The summed E-state index contributed by atoms with van der Waals surface area (Å²) in [6, 6.07) is 5.48. The second-order valence-corrected chi connectivity index (χ2v) is 4.94. The van der Waals surface area contributed by atoms with Crippen LogP contribution in [0.25, 0.3) is 0 Å². The number of rotatable bonds is 6. The molecule has 0 unspecified atom stereocenters. The van der Waals surface area contributed by atoms with Gasteiger partial charge in [-0.25, -0.2) is 0 Å². The molecule has 1 aromatic rings. The van der Waals surface area contributed by atoms with Gasteiger partial charge in [-0.05, 0) is 44.0 Å². The Balaban J connectivity index is 2.43. The van der Waals surface area contributed by atoms with E-state index in [1.807, 2.05) is 26.0 Å². The van der Waals surface area contributed by atoms with Crippen LogP contribution in [-0.4, -0.2) is 29.0 Å². The SMILES string of the molecule is Cc1ccc(O[C@@H](C)C(=O)NNC(=O)CCC(=O)O)cc1C. The van der Waals surface area contributed by atoms with E-state index in [0.29, 0.717) is 5.75 Å². The number of hydrogen-bond donors (Lipinski definition) is 3. The van der Waals surface area contributed by atoms with Crippen molar-refractivity contribution in [2.24, 2.45) is 0 Å². The molecule has 120 valence electrons. The molecule has 3 N–H and O–H groups in total. The first-order chi connectivity index (χ1) is 10.3. The highest BCUT2D eigenvalue weighted by Crippen LogP contribution is 2.17. The molecule has 0 saturated carbocycles. The number of amides is 2. The first-order valence-corrected chi connectivity index (χ1v) is 6.84. The van der Waals surface area contributed by atoms with Crippen molar-refractivity contribution in [2.75, 3.05) is 0 Å². The van der Waals surface area contributed by atoms with E-state index in [2.05, 4.69) is 10.9 Å². The largest absolute Gasteiger partial charge is 0.481 e. The summed E-state index contributed by atoms with van der Waals surface area (Å²) in [6.07, 6.45) is -1.31. The van der Waals surface area contributed by atoms with Gasteiger partial charge >= 0.3 is 5.97 Å². The molecule has 0 bridgehead atoms. The zero-order valence-corrected chi connectivity index (χ0v) is 12.8. The van der Waals surface area contributed by atoms with Gasteiger partial charge in [0.25, 0.3) is 5.91 Å². The van der Waals surface area contributed by atoms with Crippen molar-refractivity contribution in [1.82, 2.24) is 10.9 Å². The summed E-state index contributed by atoms with van der Waals surface area (Å²) >= 11 is 0. The Hall–Kier alpha value is -2.57. The number of benzene rings is 1. The monoisotopic (exact) mass is 308 g/mol. The van der Waals surface area contributed by atoms with Crippen LogP contribution in [0.15, 0.2) is 18.2 Å². The maximum Gasteiger partial charge on any atom is 0.303 e. The van der Waals surface area contributed by atoms with E-state index in [4.69, 9.17) is 9.84 Å². The number of carboxylic acids is 1. The molecule has 0 saturated heterocycles. The van der Waals surface area contributed by atoms with Crippen molar-refractivity contribution >= 4 is 17.8 Å². The fourth-order valence-corrected chi connectivity index (χ4v) is 1.56. The van der Waals surface area contributed by atoms with Gasteiger partial charge in [0.15, 0.2) is 6.10 Å². The van der Waals surface area contributed by atoms with Gasteiger partial charge in [-0.2, -0.15) is 0 Å². The quantitative estimate of drug-likeness (QED) is 0.682. The zero-order chi connectivity index (χ0) is 16.7. The van der Waals surface area contributed by atoms with Gasteiger partial charge in [0.1, 0.15) is 5.75 Å². The lowest BCUT2D eigenvalue weighted by Gasteiger charge is -2.15. The Morgan fingerprint density at radius 1 is 1.14 bits per heavy atom. The van der Waals surface area contributed by atoms with E-state index in [9.17, 15) is 14.4 Å². The van der Waals surface area contributed by atoms with Gasteiger partial charge in [-0.1, -0.05) is 6.07 Å². The molecule has 0 heterocycles. The highest BCUT2D eigenvalue weighted by molar-refractivity contribution is 5.85. The lowest BCUT2D eigenvalue weighted by atomic mass is 10.1.